The summed E-state index contributed by atoms with van der Waals surface area (Å²) in [5.74, 6) is -0.279. The van der Waals surface area contributed by atoms with Crippen LogP contribution in [0.15, 0.2) is 29.1 Å². The van der Waals surface area contributed by atoms with Gasteiger partial charge in [-0.2, -0.15) is 5.10 Å². The van der Waals surface area contributed by atoms with Crippen molar-refractivity contribution in [1.29, 1.82) is 0 Å². The summed E-state index contributed by atoms with van der Waals surface area (Å²) in [6, 6.07) is 5.46. The molecule has 3 N–H and O–H groups in total. The minimum absolute atomic E-state index is 0.290. The third-order valence-electron chi connectivity index (χ3n) is 3.18. The number of rotatable bonds is 6. The van der Waals surface area contributed by atoms with Crippen molar-refractivity contribution in [2.45, 2.75) is 12.5 Å². The number of benzene rings is 1. The van der Waals surface area contributed by atoms with Gasteiger partial charge in [0.2, 0.25) is 5.91 Å². The summed E-state index contributed by atoms with van der Waals surface area (Å²) >= 11 is 0. The topological polar surface area (TPSA) is 93.9 Å². The second-order valence-electron chi connectivity index (χ2n) is 5.05. The summed E-state index contributed by atoms with van der Waals surface area (Å²) in [5.41, 5.74) is -0.0722. The fourth-order valence-corrected chi connectivity index (χ4v) is 2.18. The van der Waals surface area contributed by atoms with E-state index in [1.165, 1.54) is 6.07 Å². The number of carbonyl (C=O) groups is 1. The molecule has 7 nitrogen and oxygen atoms in total. The Hall–Kier alpha value is -2.48. The van der Waals surface area contributed by atoms with Gasteiger partial charge in [0, 0.05) is 18.5 Å². The Labute approximate surface area is 126 Å². The van der Waals surface area contributed by atoms with E-state index >= 15 is 0 Å². The number of hydrogen-bond acceptors (Lipinski definition) is 4. The van der Waals surface area contributed by atoms with Crippen molar-refractivity contribution >= 4 is 5.91 Å². The van der Waals surface area contributed by atoms with Crippen molar-refractivity contribution < 1.29 is 9.18 Å². The lowest BCUT2D eigenvalue weighted by Gasteiger charge is -2.24. The zero-order valence-corrected chi connectivity index (χ0v) is 12.4. The molecule has 0 saturated carbocycles. The molecule has 0 aliphatic carbocycles. The van der Waals surface area contributed by atoms with Crippen LogP contribution >= 0.6 is 0 Å². The van der Waals surface area contributed by atoms with Crippen molar-refractivity contribution in [2.75, 3.05) is 20.6 Å². The minimum Gasteiger partial charge on any atom is -0.354 e. The summed E-state index contributed by atoms with van der Waals surface area (Å²) in [7, 11) is 3.42. The number of likely N-dealkylation sites (N-methyl/N-ethyl adjacent to an activating group) is 1. The van der Waals surface area contributed by atoms with Gasteiger partial charge in [-0.15, -0.1) is 0 Å². The second kappa shape index (κ2) is 6.99. The summed E-state index contributed by atoms with van der Waals surface area (Å²) in [4.78, 5) is 27.4. The Kier molecular flexibility index (Phi) is 5.05. The van der Waals surface area contributed by atoms with Crippen LogP contribution < -0.4 is 11.0 Å². The Morgan fingerprint density at radius 2 is 2.14 bits per heavy atom. The highest BCUT2D eigenvalue weighted by atomic mass is 19.1. The molecule has 1 heterocycles. The van der Waals surface area contributed by atoms with Gasteiger partial charge in [0.15, 0.2) is 0 Å². The Bertz CT molecular complexity index is 694. The van der Waals surface area contributed by atoms with E-state index in [1.807, 2.05) is 0 Å². The van der Waals surface area contributed by atoms with Crippen molar-refractivity contribution in [1.82, 2.24) is 25.4 Å². The molecular weight excluding hydrogens is 289 g/mol. The first-order valence-electron chi connectivity index (χ1n) is 6.81. The number of halogens is 1. The number of aromatic nitrogens is 3. The smallest absolute Gasteiger partial charge is 0.340 e. The van der Waals surface area contributed by atoms with Crippen molar-refractivity contribution in [3.05, 3.63) is 52.0 Å². The van der Waals surface area contributed by atoms with Crippen LogP contribution in [0.1, 0.15) is 17.4 Å². The Morgan fingerprint density at radius 1 is 1.41 bits per heavy atom. The molecule has 1 aromatic carbocycles. The molecule has 2 aromatic rings. The van der Waals surface area contributed by atoms with Gasteiger partial charge in [-0.25, -0.2) is 14.3 Å². The molecule has 1 aromatic heterocycles. The number of hydrogen-bond donors (Lipinski definition) is 3. The molecule has 0 unspecified atom stereocenters. The van der Waals surface area contributed by atoms with Crippen LogP contribution in [-0.2, 0) is 11.2 Å². The van der Waals surface area contributed by atoms with Gasteiger partial charge in [-0.3, -0.25) is 14.7 Å². The van der Waals surface area contributed by atoms with E-state index in [2.05, 4.69) is 20.5 Å². The predicted molar refractivity (Wildman–Crippen MR) is 78.8 cm³/mol. The lowest BCUT2D eigenvalue weighted by Crippen LogP contribution is -2.38. The van der Waals surface area contributed by atoms with Crippen LogP contribution in [-0.4, -0.2) is 46.6 Å². The first-order chi connectivity index (χ1) is 10.5. The van der Waals surface area contributed by atoms with E-state index < -0.39 is 11.9 Å². The third kappa shape index (κ3) is 3.79. The predicted octanol–water partition coefficient (Wildman–Crippen LogP) is 0.199. The summed E-state index contributed by atoms with van der Waals surface area (Å²) in [6.07, 6.45) is 0.377. The molecule has 0 bridgehead atoms. The summed E-state index contributed by atoms with van der Waals surface area (Å²) < 4.78 is 13.9. The molecule has 0 aliphatic heterocycles. The van der Waals surface area contributed by atoms with Crippen molar-refractivity contribution in [2.24, 2.45) is 0 Å². The van der Waals surface area contributed by atoms with E-state index in [0.29, 0.717) is 24.4 Å². The Morgan fingerprint density at radius 3 is 2.73 bits per heavy atom. The molecule has 0 saturated heterocycles. The zero-order valence-electron chi connectivity index (χ0n) is 12.4. The van der Waals surface area contributed by atoms with Crippen LogP contribution in [0.3, 0.4) is 0 Å². The van der Waals surface area contributed by atoms with Gasteiger partial charge in [-0.1, -0.05) is 18.2 Å². The Balaban J connectivity index is 2.01. The lowest BCUT2D eigenvalue weighted by molar-refractivity contribution is -0.125. The molecule has 0 aliphatic rings. The molecular formula is C14H18FN5O2. The first kappa shape index (κ1) is 15.9. The van der Waals surface area contributed by atoms with Crippen molar-refractivity contribution in [3.8, 4) is 0 Å². The maximum absolute atomic E-state index is 13.9. The monoisotopic (exact) mass is 307 g/mol. The van der Waals surface area contributed by atoms with E-state index in [4.69, 9.17) is 0 Å². The van der Waals surface area contributed by atoms with Gasteiger partial charge in [0.1, 0.15) is 17.7 Å². The van der Waals surface area contributed by atoms with Crippen LogP contribution in [0.4, 0.5) is 4.39 Å². The van der Waals surface area contributed by atoms with Gasteiger partial charge >= 0.3 is 5.69 Å². The molecule has 118 valence electrons. The molecule has 0 fully saturated rings. The van der Waals surface area contributed by atoms with Crippen LogP contribution in [0.25, 0.3) is 0 Å². The largest absolute Gasteiger partial charge is 0.354 e. The quantitative estimate of drug-likeness (QED) is 0.710. The number of amides is 1. The zero-order chi connectivity index (χ0) is 16.1. The number of H-pyrrole nitrogens is 2. The molecule has 22 heavy (non-hydrogen) atoms. The fourth-order valence-electron chi connectivity index (χ4n) is 2.18. The van der Waals surface area contributed by atoms with Gasteiger partial charge in [-0.05, 0) is 20.2 Å². The van der Waals surface area contributed by atoms with Gasteiger partial charge in [0.05, 0.1) is 0 Å². The average molecular weight is 307 g/mol. The van der Waals surface area contributed by atoms with Crippen LogP contribution in [0.2, 0.25) is 0 Å². The third-order valence-corrected chi connectivity index (χ3v) is 3.18. The van der Waals surface area contributed by atoms with Crippen LogP contribution in [0.5, 0.6) is 0 Å². The molecule has 1 atom stereocenters. The first-order valence-corrected chi connectivity index (χ1v) is 6.81. The molecule has 2 rings (SSSR count). The fraction of sp³-hybridized carbons (Fsp3) is 0.357. The SMILES string of the molecule is CN(C)[C@H](C(=O)NCCc1n[nH]c(=O)[nH]1)c1ccccc1F. The number of aromatic amines is 2. The van der Waals surface area contributed by atoms with Crippen molar-refractivity contribution in [3.63, 3.8) is 0 Å². The maximum atomic E-state index is 13.9. The van der Waals surface area contributed by atoms with Gasteiger partial charge < -0.3 is 5.32 Å². The van der Waals surface area contributed by atoms with E-state index in [-0.39, 0.29) is 11.6 Å². The second-order valence-corrected chi connectivity index (χ2v) is 5.05. The average Bonchev–Trinajstić information content (AvgIpc) is 2.86. The molecule has 8 heteroatoms. The van der Waals surface area contributed by atoms with Gasteiger partial charge in [0.25, 0.3) is 0 Å². The maximum Gasteiger partial charge on any atom is 0.340 e. The molecule has 0 radical (unpaired) electrons. The van der Waals surface area contributed by atoms with E-state index in [0.717, 1.165) is 0 Å². The minimum atomic E-state index is -0.723. The highest BCUT2D eigenvalue weighted by Gasteiger charge is 2.25. The number of nitrogens with zero attached hydrogens (tertiary/aromatic N) is 2. The van der Waals surface area contributed by atoms with E-state index in [9.17, 15) is 14.0 Å². The number of nitrogens with one attached hydrogen (secondary N) is 3. The highest BCUT2D eigenvalue weighted by molar-refractivity contribution is 5.83. The number of carbonyl (C=O) groups excluding carboxylic acids is 1. The molecule has 1 amide bonds. The summed E-state index contributed by atoms with van der Waals surface area (Å²) in [6.45, 7) is 0.290. The molecule has 0 spiro atoms. The summed E-state index contributed by atoms with van der Waals surface area (Å²) in [5, 5.41) is 8.72. The normalized spacial score (nSPS) is 12.4. The highest BCUT2D eigenvalue weighted by Crippen LogP contribution is 2.21. The van der Waals surface area contributed by atoms with E-state index in [1.54, 1.807) is 37.2 Å². The lowest BCUT2D eigenvalue weighted by atomic mass is 10.0. The van der Waals surface area contributed by atoms with Crippen LogP contribution in [0, 0.1) is 5.82 Å². The standard InChI is InChI=1S/C14H18FN5O2/c1-20(2)12(9-5-3-4-6-10(9)15)13(21)16-8-7-11-17-14(22)19-18-11/h3-6,12H,7-8H2,1-2H3,(H,16,21)(H2,17,18,19,22)/t12-/m0/s1.